The number of Topliss-reactive ketones (excluding diaryl/α,β-unsaturated/α-hetero) is 1. The van der Waals surface area contributed by atoms with Gasteiger partial charge in [-0.25, -0.2) is 0 Å². The van der Waals surface area contributed by atoms with Crippen LogP contribution in [0.3, 0.4) is 0 Å². The van der Waals surface area contributed by atoms with Crippen LogP contribution < -0.4 is 5.73 Å². The molecule has 1 unspecified atom stereocenters. The van der Waals surface area contributed by atoms with Gasteiger partial charge in [0, 0.05) is 11.6 Å². The van der Waals surface area contributed by atoms with Crippen LogP contribution in [0.25, 0.3) is 22.3 Å². The van der Waals surface area contributed by atoms with Crippen LogP contribution in [0.15, 0.2) is 41.8 Å². The van der Waals surface area contributed by atoms with Crippen molar-refractivity contribution in [2.45, 2.75) is 33.7 Å². The number of rotatable bonds is 4. The van der Waals surface area contributed by atoms with Crippen LogP contribution in [0.5, 0.6) is 0 Å². The van der Waals surface area contributed by atoms with E-state index in [9.17, 15) is 10.1 Å². The molecular weight excluding hydrogens is 352 g/mol. The molecule has 0 amide bonds. The summed E-state index contributed by atoms with van der Waals surface area (Å²) in [5.41, 5.74) is 13.6. The topological polar surface area (TPSA) is 66.9 Å². The number of carbonyl (C=O) groups excluding carboxylic acids is 1. The first-order valence-electron chi connectivity index (χ1n) is 8.84. The van der Waals surface area contributed by atoms with Gasteiger partial charge in [-0.05, 0) is 78.6 Å². The van der Waals surface area contributed by atoms with E-state index in [1.165, 1.54) is 11.3 Å². The summed E-state index contributed by atoms with van der Waals surface area (Å²) in [6.45, 7) is 7.51. The molecule has 0 aliphatic rings. The third-order valence-corrected chi connectivity index (χ3v) is 5.90. The maximum absolute atomic E-state index is 12.2. The Morgan fingerprint density at radius 2 is 1.81 bits per heavy atom. The third kappa shape index (κ3) is 3.44. The molecule has 0 fully saturated rings. The van der Waals surface area contributed by atoms with Gasteiger partial charge in [0.25, 0.3) is 0 Å². The Labute approximate surface area is 164 Å². The molecule has 3 rings (SSSR count). The molecule has 4 heteroatoms. The van der Waals surface area contributed by atoms with E-state index in [1.54, 1.807) is 6.92 Å². The van der Waals surface area contributed by atoms with Crippen LogP contribution in [0, 0.1) is 25.2 Å². The molecule has 0 saturated carbocycles. The van der Waals surface area contributed by atoms with Gasteiger partial charge < -0.3 is 5.73 Å². The molecule has 0 spiro atoms. The van der Waals surface area contributed by atoms with Gasteiger partial charge in [-0.2, -0.15) is 5.26 Å². The van der Waals surface area contributed by atoms with E-state index in [2.05, 4.69) is 18.2 Å². The number of carbonyl (C=O) groups is 1. The zero-order chi connectivity index (χ0) is 19.7. The lowest BCUT2D eigenvalue weighted by molar-refractivity contribution is 0.102. The first-order valence-corrected chi connectivity index (χ1v) is 9.72. The second-order valence-electron chi connectivity index (χ2n) is 6.86. The molecule has 0 bridgehead atoms. The predicted molar refractivity (Wildman–Crippen MR) is 112 cm³/mol. The fraction of sp³-hybridized carbons (Fsp3) is 0.217. The number of nitrogens with zero attached hydrogens (tertiary/aromatic N) is 1. The third-order valence-electron chi connectivity index (χ3n) is 4.88. The van der Waals surface area contributed by atoms with Crippen LogP contribution in [-0.2, 0) is 0 Å². The SMILES string of the molecule is CC(=O)c1sccc1-c1c(C)c(C#N)cc(C)c1-c1ccc(C(C)N)cc1. The first kappa shape index (κ1) is 19.0. The van der Waals surface area contributed by atoms with E-state index < -0.39 is 0 Å². The summed E-state index contributed by atoms with van der Waals surface area (Å²) in [5.74, 6) is 0.0395. The van der Waals surface area contributed by atoms with Crippen molar-refractivity contribution >= 4 is 17.1 Å². The summed E-state index contributed by atoms with van der Waals surface area (Å²) < 4.78 is 0. The van der Waals surface area contributed by atoms with Crippen molar-refractivity contribution in [3.8, 4) is 28.3 Å². The van der Waals surface area contributed by atoms with Gasteiger partial charge in [0.1, 0.15) is 0 Å². The number of nitrogens with two attached hydrogens (primary N) is 1. The van der Waals surface area contributed by atoms with Gasteiger partial charge in [0.15, 0.2) is 5.78 Å². The second-order valence-corrected chi connectivity index (χ2v) is 7.77. The van der Waals surface area contributed by atoms with Crippen LogP contribution in [0.1, 0.15) is 51.8 Å². The van der Waals surface area contributed by atoms with Gasteiger partial charge in [0.05, 0.1) is 16.5 Å². The Kier molecular flexibility index (Phi) is 5.27. The van der Waals surface area contributed by atoms with E-state index in [0.717, 1.165) is 43.8 Å². The van der Waals surface area contributed by atoms with Gasteiger partial charge in [-0.3, -0.25) is 4.79 Å². The molecule has 0 aliphatic carbocycles. The summed E-state index contributed by atoms with van der Waals surface area (Å²) >= 11 is 1.44. The largest absolute Gasteiger partial charge is 0.324 e. The normalized spacial score (nSPS) is 11.9. The van der Waals surface area contributed by atoms with E-state index in [0.29, 0.717) is 5.56 Å². The predicted octanol–water partition coefficient (Wildman–Crippen LogP) is 5.79. The molecule has 1 atom stereocenters. The Bertz CT molecular complexity index is 1050. The quantitative estimate of drug-likeness (QED) is 0.587. The Balaban J connectivity index is 2.34. The highest BCUT2D eigenvalue weighted by Gasteiger charge is 2.21. The lowest BCUT2D eigenvalue weighted by Gasteiger charge is -2.18. The summed E-state index contributed by atoms with van der Waals surface area (Å²) in [4.78, 5) is 12.9. The highest BCUT2D eigenvalue weighted by Crippen LogP contribution is 2.42. The zero-order valence-corrected chi connectivity index (χ0v) is 16.8. The molecule has 3 nitrogen and oxygen atoms in total. The molecule has 3 aromatic rings. The Morgan fingerprint density at radius 3 is 2.37 bits per heavy atom. The standard InChI is InChI=1S/C23H22N2OS/c1-13-11-19(12-24)14(2)22(20-9-10-27-23(20)16(4)26)21(13)18-7-5-17(6-8-18)15(3)25/h5-11,15H,25H2,1-4H3. The maximum Gasteiger partial charge on any atom is 0.170 e. The van der Waals surface area contributed by atoms with E-state index in [1.807, 2.05) is 50.4 Å². The van der Waals surface area contributed by atoms with Crippen LogP contribution in [-0.4, -0.2) is 5.78 Å². The maximum atomic E-state index is 12.2. The smallest absolute Gasteiger partial charge is 0.170 e. The van der Waals surface area contributed by atoms with Crippen molar-refractivity contribution in [2.75, 3.05) is 0 Å². The Morgan fingerprint density at radius 1 is 1.15 bits per heavy atom. The molecule has 2 aromatic carbocycles. The van der Waals surface area contributed by atoms with E-state index in [4.69, 9.17) is 5.73 Å². The number of hydrogen-bond acceptors (Lipinski definition) is 4. The lowest BCUT2D eigenvalue weighted by Crippen LogP contribution is -2.04. The highest BCUT2D eigenvalue weighted by molar-refractivity contribution is 7.12. The average Bonchev–Trinajstić information content (AvgIpc) is 3.12. The number of ketones is 1. The minimum absolute atomic E-state index is 0.0245. The fourth-order valence-corrected chi connectivity index (χ4v) is 4.28. The Hall–Kier alpha value is -2.74. The monoisotopic (exact) mass is 374 g/mol. The van der Waals surface area contributed by atoms with Crippen LogP contribution in [0.2, 0.25) is 0 Å². The van der Waals surface area contributed by atoms with Crippen molar-refractivity contribution in [1.82, 2.24) is 0 Å². The molecule has 0 saturated heterocycles. The first-order chi connectivity index (χ1) is 12.8. The molecule has 0 aliphatic heterocycles. The number of thiophene rings is 1. The molecular formula is C23H22N2OS. The number of nitriles is 1. The highest BCUT2D eigenvalue weighted by atomic mass is 32.1. The van der Waals surface area contributed by atoms with E-state index in [-0.39, 0.29) is 11.8 Å². The van der Waals surface area contributed by atoms with Crippen molar-refractivity contribution in [3.63, 3.8) is 0 Å². The van der Waals surface area contributed by atoms with Crippen molar-refractivity contribution in [1.29, 1.82) is 5.26 Å². The minimum Gasteiger partial charge on any atom is -0.324 e. The van der Waals surface area contributed by atoms with Gasteiger partial charge in [0.2, 0.25) is 0 Å². The minimum atomic E-state index is -0.0245. The summed E-state index contributed by atoms with van der Waals surface area (Å²) in [6.07, 6.45) is 0. The van der Waals surface area contributed by atoms with Crippen molar-refractivity contribution < 1.29 is 4.79 Å². The number of hydrogen-bond donors (Lipinski definition) is 1. The zero-order valence-electron chi connectivity index (χ0n) is 16.0. The molecule has 1 heterocycles. The van der Waals surface area contributed by atoms with Crippen LogP contribution in [0.4, 0.5) is 0 Å². The molecule has 27 heavy (non-hydrogen) atoms. The number of aryl methyl sites for hydroxylation is 1. The van der Waals surface area contributed by atoms with Gasteiger partial charge >= 0.3 is 0 Å². The van der Waals surface area contributed by atoms with Gasteiger partial charge in [-0.15, -0.1) is 11.3 Å². The molecule has 1 aromatic heterocycles. The fourth-order valence-electron chi connectivity index (χ4n) is 3.47. The van der Waals surface area contributed by atoms with Gasteiger partial charge in [-0.1, -0.05) is 24.3 Å². The second kappa shape index (κ2) is 7.48. The average molecular weight is 375 g/mol. The van der Waals surface area contributed by atoms with E-state index >= 15 is 0 Å². The van der Waals surface area contributed by atoms with Crippen LogP contribution >= 0.6 is 11.3 Å². The van der Waals surface area contributed by atoms with Crippen molar-refractivity contribution in [3.05, 3.63) is 68.9 Å². The summed E-state index contributed by atoms with van der Waals surface area (Å²) in [5, 5.41) is 11.5. The number of benzene rings is 2. The molecule has 2 N–H and O–H groups in total. The summed E-state index contributed by atoms with van der Waals surface area (Å²) in [7, 11) is 0. The summed E-state index contributed by atoms with van der Waals surface area (Å²) in [6, 6.07) is 14.4. The molecule has 0 radical (unpaired) electrons. The lowest BCUT2D eigenvalue weighted by atomic mass is 9.85. The molecule has 136 valence electrons. The van der Waals surface area contributed by atoms with Crippen molar-refractivity contribution in [2.24, 2.45) is 5.73 Å².